The predicted molar refractivity (Wildman–Crippen MR) is 87.4 cm³/mol. The van der Waals surface area contributed by atoms with Crippen LogP contribution >= 0.6 is 0 Å². The van der Waals surface area contributed by atoms with E-state index in [0.29, 0.717) is 0 Å². The van der Waals surface area contributed by atoms with E-state index in [-0.39, 0.29) is 18.4 Å². The van der Waals surface area contributed by atoms with E-state index >= 15 is 0 Å². The van der Waals surface area contributed by atoms with Gasteiger partial charge < -0.3 is 16.0 Å². The van der Waals surface area contributed by atoms with Gasteiger partial charge in [-0.25, -0.2) is 0 Å². The van der Waals surface area contributed by atoms with Crippen LogP contribution in [0.5, 0.6) is 0 Å². The fourth-order valence-electron chi connectivity index (χ4n) is 2.09. The zero-order valence-corrected chi connectivity index (χ0v) is 12.4. The number of carbonyl (C=O) groups is 1. The summed E-state index contributed by atoms with van der Waals surface area (Å²) in [5, 5.41) is 2.89. The summed E-state index contributed by atoms with van der Waals surface area (Å²) < 4.78 is 0. The number of anilines is 2. The monoisotopic (exact) mass is 283 g/mol. The lowest BCUT2D eigenvalue weighted by Crippen LogP contribution is -2.20. The van der Waals surface area contributed by atoms with E-state index in [1.54, 1.807) is 0 Å². The molecule has 110 valence electrons. The third kappa shape index (κ3) is 4.33. The molecule has 0 saturated carbocycles. The van der Waals surface area contributed by atoms with Crippen LogP contribution in [0.2, 0.25) is 0 Å². The van der Waals surface area contributed by atoms with Crippen LogP contribution in [0.25, 0.3) is 0 Å². The maximum Gasteiger partial charge on any atom is 0.226 e. The number of nitrogens with zero attached hydrogens (tertiary/aromatic N) is 1. The fourth-order valence-corrected chi connectivity index (χ4v) is 2.09. The molecule has 1 atom stereocenters. The summed E-state index contributed by atoms with van der Waals surface area (Å²) in [7, 11) is 3.93. The molecule has 2 aromatic rings. The molecule has 0 heterocycles. The Morgan fingerprint density at radius 1 is 1.14 bits per heavy atom. The van der Waals surface area contributed by atoms with E-state index in [1.165, 1.54) is 0 Å². The number of hydrogen-bond donors (Lipinski definition) is 2. The van der Waals surface area contributed by atoms with E-state index < -0.39 is 0 Å². The molecule has 2 rings (SSSR count). The minimum Gasteiger partial charge on any atom is -0.378 e. The lowest BCUT2D eigenvalue weighted by atomic mass is 10.0. The Bertz CT molecular complexity index is 596. The van der Waals surface area contributed by atoms with Gasteiger partial charge in [-0.1, -0.05) is 36.4 Å². The second kappa shape index (κ2) is 6.90. The molecule has 0 spiro atoms. The molecule has 0 aromatic heterocycles. The van der Waals surface area contributed by atoms with E-state index in [2.05, 4.69) is 5.32 Å². The maximum absolute atomic E-state index is 12.1. The smallest absolute Gasteiger partial charge is 0.226 e. The molecular weight excluding hydrogens is 262 g/mol. The first-order valence-corrected chi connectivity index (χ1v) is 6.94. The van der Waals surface area contributed by atoms with Crippen molar-refractivity contribution < 1.29 is 4.79 Å². The van der Waals surface area contributed by atoms with Crippen LogP contribution < -0.4 is 16.0 Å². The largest absolute Gasteiger partial charge is 0.378 e. The standard InChI is InChI=1S/C17H21N3O/c1-20(2)15-10-6-9-14(11-15)19-17(21)12-16(18)13-7-4-3-5-8-13/h3-11,16H,12,18H2,1-2H3,(H,19,21). The molecule has 3 N–H and O–H groups in total. The molecule has 0 fully saturated rings. The number of benzene rings is 2. The van der Waals surface area contributed by atoms with Crippen LogP contribution in [0.4, 0.5) is 11.4 Å². The SMILES string of the molecule is CN(C)c1cccc(NC(=O)CC(N)c2ccccc2)c1. The molecule has 4 nitrogen and oxygen atoms in total. The predicted octanol–water partition coefficient (Wildman–Crippen LogP) is 2.78. The third-order valence-electron chi connectivity index (χ3n) is 3.28. The van der Waals surface area contributed by atoms with Crippen LogP contribution in [0.1, 0.15) is 18.0 Å². The summed E-state index contributed by atoms with van der Waals surface area (Å²) in [5.74, 6) is -0.0812. The topological polar surface area (TPSA) is 58.4 Å². The quantitative estimate of drug-likeness (QED) is 0.887. The summed E-state index contributed by atoms with van der Waals surface area (Å²) in [6, 6.07) is 17.1. The number of nitrogens with two attached hydrogens (primary N) is 1. The minimum absolute atomic E-state index is 0.0812. The Hall–Kier alpha value is -2.33. The van der Waals surface area contributed by atoms with E-state index in [9.17, 15) is 4.79 Å². The molecule has 0 radical (unpaired) electrons. The van der Waals surface area contributed by atoms with Gasteiger partial charge in [0.2, 0.25) is 5.91 Å². The highest BCUT2D eigenvalue weighted by Gasteiger charge is 2.11. The zero-order chi connectivity index (χ0) is 15.2. The van der Waals surface area contributed by atoms with Gasteiger partial charge in [-0.2, -0.15) is 0 Å². The summed E-state index contributed by atoms with van der Waals surface area (Å²) in [6.07, 6.45) is 0.260. The van der Waals surface area contributed by atoms with E-state index in [1.807, 2.05) is 73.6 Å². The van der Waals surface area contributed by atoms with Gasteiger partial charge >= 0.3 is 0 Å². The van der Waals surface area contributed by atoms with Gasteiger partial charge in [-0.15, -0.1) is 0 Å². The van der Waals surface area contributed by atoms with Gasteiger partial charge in [0.15, 0.2) is 0 Å². The molecular formula is C17H21N3O. The Morgan fingerprint density at radius 3 is 2.52 bits per heavy atom. The van der Waals surface area contributed by atoms with Gasteiger partial charge in [0, 0.05) is 37.9 Å². The molecule has 1 amide bonds. The summed E-state index contributed by atoms with van der Waals surface area (Å²) >= 11 is 0. The molecule has 0 bridgehead atoms. The first-order valence-electron chi connectivity index (χ1n) is 6.94. The van der Waals surface area contributed by atoms with Crippen molar-refractivity contribution in [3.05, 3.63) is 60.2 Å². The van der Waals surface area contributed by atoms with Crippen LogP contribution in [-0.4, -0.2) is 20.0 Å². The molecule has 0 saturated heterocycles. The fraction of sp³-hybridized carbons (Fsp3) is 0.235. The molecule has 2 aromatic carbocycles. The molecule has 4 heteroatoms. The normalized spacial score (nSPS) is 11.8. The summed E-state index contributed by atoms with van der Waals surface area (Å²) in [4.78, 5) is 14.1. The summed E-state index contributed by atoms with van der Waals surface area (Å²) in [6.45, 7) is 0. The van der Waals surface area contributed by atoms with Crippen LogP contribution in [0, 0.1) is 0 Å². The third-order valence-corrected chi connectivity index (χ3v) is 3.28. The average molecular weight is 283 g/mol. The Labute approximate surface area is 125 Å². The molecule has 1 unspecified atom stereocenters. The highest BCUT2D eigenvalue weighted by Crippen LogP contribution is 2.19. The highest BCUT2D eigenvalue weighted by molar-refractivity contribution is 5.91. The van der Waals surface area contributed by atoms with Crippen molar-refractivity contribution in [1.82, 2.24) is 0 Å². The van der Waals surface area contributed by atoms with Crippen molar-refractivity contribution >= 4 is 17.3 Å². The lowest BCUT2D eigenvalue weighted by molar-refractivity contribution is -0.116. The van der Waals surface area contributed by atoms with Gasteiger partial charge in [0.1, 0.15) is 0 Å². The van der Waals surface area contributed by atoms with Crippen molar-refractivity contribution in [1.29, 1.82) is 0 Å². The molecule has 21 heavy (non-hydrogen) atoms. The molecule has 0 aliphatic heterocycles. The van der Waals surface area contributed by atoms with Crippen molar-refractivity contribution in [2.24, 2.45) is 5.73 Å². The number of hydrogen-bond acceptors (Lipinski definition) is 3. The number of amides is 1. The van der Waals surface area contributed by atoms with Crippen molar-refractivity contribution in [3.8, 4) is 0 Å². The minimum atomic E-state index is -0.289. The Morgan fingerprint density at radius 2 is 1.86 bits per heavy atom. The van der Waals surface area contributed by atoms with Crippen molar-refractivity contribution in [3.63, 3.8) is 0 Å². The van der Waals surface area contributed by atoms with Gasteiger partial charge in [-0.3, -0.25) is 4.79 Å². The number of nitrogens with one attached hydrogen (secondary N) is 1. The van der Waals surface area contributed by atoms with E-state index in [0.717, 1.165) is 16.9 Å². The second-order valence-corrected chi connectivity index (χ2v) is 5.21. The van der Waals surface area contributed by atoms with Gasteiger partial charge in [0.25, 0.3) is 0 Å². The number of carbonyl (C=O) groups excluding carboxylic acids is 1. The Kier molecular flexibility index (Phi) is 4.95. The van der Waals surface area contributed by atoms with E-state index in [4.69, 9.17) is 5.73 Å². The lowest BCUT2D eigenvalue weighted by Gasteiger charge is -2.15. The molecule has 0 aliphatic carbocycles. The van der Waals surface area contributed by atoms with Crippen LogP contribution in [-0.2, 0) is 4.79 Å². The first kappa shape index (κ1) is 15.1. The summed E-state index contributed by atoms with van der Waals surface area (Å²) in [5.41, 5.74) is 8.85. The highest BCUT2D eigenvalue weighted by atomic mass is 16.1. The first-order chi connectivity index (χ1) is 10.1. The van der Waals surface area contributed by atoms with Crippen molar-refractivity contribution in [2.45, 2.75) is 12.5 Å². The second-order valence-electron chi connectivity index (χ2n) is 5.21. The number of rotatable bonds is 5. The van der Waals surface area contributed by atoms with Gasteiger partial charge in [-0.05, 0) is 23.8 Å². The average Bonchev–Trinajstić information content (AvgIpc) is 2.48. The maximum atomic E-state index is 12.1. The van der Waals surface area contributed by atoms with Crippen LogP contribution in [0.15, 0.2) is 54.6 Å². The Balaban J connectivity index is 1.97. The zero-order valence-electron chi connectivity index (χ0n) is 12.4. The van der Waals surface area contributed by atoms with Crippen molar-refractivity contribution in [2.75, 3.05) is 24.3 Å². The molecule has 0 aliphatic rings. The van der Waals surface area contributed by atoms with Crippen LogP contribution in [0.3, 0.4) is 0 Å². The van der Waals surface area contributed by atoms with Gasteiger partial charge in [0.05, 0.1) is 0 Å².